The van der Waals surface area contributed by atoms with Crippen LogP contribution in [0.1, 0.15) is 24.5 Å². The second-order valence-electron chi connectivity index (χ2n) is 6.42. The Kier molecular flexibility index (Phi) is 3.79. The molecule has 0 radical (unpaired) electrons. The third kappa shape index (κ3) is 2.47. The lowest BCUT2D eigenvalue weighted by Crippen LogP contribution is -2.47. The number of amides is 1. The third-order valence-electron chi connectivity index (χ3n) is 5.13. The molecule has 1 amide bonds. The first kappa shape index (κ1) is 13.6. The zero-order chi connectivity index (χ0) is 14.1. The summed E-state index contributed by atoms with van der Waals surface area (Å²) in [5.74, 6) is 1.60. The first-order chi connectivity index (χ1) is 9.69. The lowest BCUT2D eigenvalue weighted by Gasteiger charge is -2.37. The summed E-state index contributed by atoms with van der Waals surface area (Å²) in [5, 5.41) is 0. The fourth-order valence-corrected chi connectivity index (χ4v) is 3.65. The summed E-state index contributed by atoms with van der Waals surface area (Å²) in [4.78, 5) is 14.8. The Morgan fingerprint density at radius 1 is 1.30 bits per heavy atom. The summed E-state index contributed by atoms with van der Waals surface area (Å²) in [6.07, 6.45) is 2.91. The van der Waals surface area contributed by atoms with E-state index in [0.29, 0.717) is 24.3 Å². The molecule has 0 spiro atoms. The average Bonchev–Trinajstić information content (AvgIpc) is 2.91. The predicted octanol–water partition coefficient (Wildman–Crippen LogP) is 1.84. The van der Waals surface area contributed by atoms with Gasteiger partial charge in [0.05, 0.1) is 0 Å². The quantitative estimate of drug-likeness (QED) is 0.893. The minimum Gasteiger partial charge on any atom is -0.342 e. The fourth-order valence-electron chi connectivity index (χ4n) is 3.65. The van der Waals surface area contributed by atoms with Gasteiger partial charge in [0.25, 0.3) is 0 Å². The number of piperidine rings is 1. The van der Waals surface area contributed by atoms with Gasteiger partial charge in [-0.05, 0) is 48.8 Å². The van der Waals surface area contributed by atoms with Crippen molar-refractivity contribution in [3.8, 4) is 0 Å². The Morgan fingerprint density at radius 3 is 2.55 bits per heavy atom. The second kappa shape index (κ2) is 5.57. The lowest BCUT2D eigenvalue weighted by atomic mass is 9.86. The van der Waals surface area contributed by atoms with Crippen molar-refractivity contribution in [1.29, 1.82) is 0 Å². The summed E-state index contributed by atoms with van der Waals surface area (Å²) in [5.41, 5.74) is 8.55. The van der Waals surface area contributed by atoms with E-state index in [2.05, 4.69) is 36.1 Å². The largest absolute Gasteiger partial charge is 0.342 e. The zero-order valence-electron chi connectivity index (χ0n) is 12.2. The van der Waals surface area contributed by atoms with Crippen LogP contribution in [0.15, 0.2) is 24.3 Å². The summed E-state index contributed by atoms with van der Waals surface area (Å²) in [6.45, 7) is 4.70. The molecule has 1 heterocycles. The van der Waals surface area contributed by atoms with Crippen LogP contribution in [0.5, 0.6) is 0 Å². The Morgan fingerprint density at radius 2 is 1.95 bits per heavy atom. The standard InChI is InChI=1S/C17H24N2O/c1-12-6-7-19(11-16(12)10-18)17(20)15-8-13-4-2-3-5-14(13)9-15/h2-5,12,15-16H,6-11,18H2,1H3. The predicted molar refractivity (Wildman–Crippen MR) is 80.2 cm³/mol. The summed E-state index contributed by atoms with van der Waals surface area (Å²) >= 11 is 0. The molecular formula is C17H24N2O. The molecule has 1 saturated heterocycles. The topological polar surface area (TPSA) is 46.3 Å². The minimum atomic E-state index is 0.152. The number of nitrogens with zero attached hydrogens (tertiary/aromatic N) is 1. The molecule has 108 valence electrons. The van der Waals surface area contributed by atoms with Crippen LogP contribution in [0, 0.1) is 17.8 Å². The number of hydrogen-bond donors (Lipinski definition) is 1. The van der Waals surface area contributed by atoms with Crippen LogP contribution in [-0.2, 0) is 17.6 Å². The van der Waals surface area contributed by atoms with Crippen LogP contribution in [0.2, 0.25) is 0 Å². The molecule has 1 aliphatic heterocycles. The molecule has 1 fully saturated rings. The van der Waals surface area contributed by atoms with E-state index in [4.69, 9.17) is 5.73 Å². The molecule has 2 unspecified atom stereocenters. The monoisotopic (exact) mass is 272 g/mol. The van der Waals surface area contributed by atoms with Gasteiger partial charge in [-0.15, -0.1) is 0 Å². The molecule has 1 aromatic carbocycles. The lowest BCUT2D eigenvalue weighted by molar-refractivity contribution is -0.137. The van der Waals surface area contributed by atoms with Gasteiger partial charge >= 0.3 is 0 Å². The summed E-state index contributed by atoms with van der Waals surface area (Å²) < 4.78 is 0. The van der Waals surface area contributed by atoms with Crippen LogP contribution in [0.4, 0.5) is 0 Å². The van der Waals surface area contributed by atoms with Crippen molar-refractivity contribution in [3.05, 3.63) is 35.4 Å². The highest BCUT2D eigenvalue weighted by Gasteiger charge is 2.34. The number of carbonyl (C=O) groups is 1. The Balaban J connectivity index is 1.66. The van der Waals surface area contributed by atoms with E-state index in [1.165, 1.54) is 11.1 Å². The van der Waals surface area contributed by atoms with E-state index in [9.17, 15) is 4.79 Å². The number of carbonyl (C=O) groups excluding carboxylic acids is 1. The van der Waals surface area contributed by atoms with Gasteiger partial charge in [-0.25, -0.2) is 0 Å². The van der Waals surface area contributed by atoms with E-state index in [-0.39, 0.29) is 5.92 Å². The molecular weight excluding hydrogens is 248 g/mol. The zero-order valence-corrected chi connectivity index (χ0v) is 12.2. The van der Waals surface area contributed by atoms with Gasteiger partial charge < -0.3 is 10.6 Å². The highest BCUT2D eigenvalue weighted by atomic mass is 16.2. The smallest absolute Gasteiger partial charge is 0.226 e. The highest BCUT2D eigenvalue weighted by molar-refractivity contribution is 5.80. The van der Waals surface area contributed by atoms with Crippen molar-refractivity contribution in [1.82, 2.24) is 4.90 Å². The normalized spacial score (nSPS) is 26.6. The van der Waals surface area contributed by atoms with Crippen LogP contribution in [0.3, 0.4) is 0 Å². The van der Waals surface area contributed by atoms with Crippen molar-refractivity contribution < 1.29 is 4.79 Å². The Labute approximate surface area is 121 Å². The summed E-state index contributed by atoms with van der Waals surface area (Å²) in [7, 11) is 0. The molecule has 2 N–H and O–H groups in total. The maximum Gasteiger partial charge on any atom is 0.226 e. The minimum absolute atomic E-state index is 0.152. The molecule has 1 aliphatic carbocycles. The van der Waals surface area contributed by atoms with Gasteiger partial charge in [0.1, 0.15) is 0 Å². The molecule has 3 heteroatoms. The average molecular weight is 272 g/mol. The molecule has 0 aromatic heterocycles. The van der Waals surface area contributed by atoms with Gasteiger partial charge in [0, 0.05) is 19.0 Å². The van der Waals surface area contributed by atoms with Crippen molar-refractivity contribution in [3.63, 3.8) is 0 Å². The van der Waals surface area contributed by atoms with Crippen molar-refractivity contribution >= 4 is 5.91 Å². The van der Waals surface area contributed by atoms with Crippen LogP contribution >= 0.6 is 0 Å². The third-order valence-corrected chi connectivity index (χ3v) is 5.13. The van der Waals surface area contributed by atoms with E-state index in [1.807, 2.05) is 0 Å². The van der Waals surface area contributed by atoms with Crippen LogP contribution in [-0.4, -0.2) is 30.4 Å². The second-order valence-corrected chi connectivity index (χ2v) is 6.42. The number of likely N-dealkylation sites (tertiary alicyclic amines) is 1. The maximum atomic E-state index is 12.7. The van der Waals surface area contributed by atoms with E-state index >= 15 is 0 Å². The van der Waals surface area contributed by atoms with Crippen LogP contribution in [0.25, 0.3) is 0 Å². The Hall–Kier alpha value is -1.35. The molecule has 1 aromatic rings. The Bertz CT molecular complexity index is 475. The molecule has 0 saturated carbocycles. The van der Waals surface area contributed by atoms with E-state index in [0.717, 1.165) is 32.4 Å². The number of benzene rings is 1. The number of rotatable bonds is 2. The first-order valence-corrected chi connectivity index (χ1v) is 7.74. The van der Waals surface area contributed by atoms with Gasteiger partial charge in [-0.1, -0.05) is 31.2 Å². The van der Waals surface area contributed by atoms with E-state index in [1.54, 1.807) is 0 Å². The SMILES string of the molecule is CC1CCN(C(=O)C2Cc3ccccc3C2)CC1CN. The van der Waals surface area contributed by atoms with Gasteiger partial charge in [-0.3, -0.25) is 4.79 Å². The first-order valence-electron chi connectivity index (χ1n) is 7.74. The molecule has 20 heavy (non-hydrogen) atoms. The number of fused-ring (bicyclic) bond motifs is 1. The van der Waals surface area contributed by atoms with Gasteiger partial charge in [-0.2, -0.15) is 0 Å². The van der Waals surface area contributed by atoms with E-state index < -0.39 is 0 Å². The molecule has 3 rings (SSSR count). The summed E-state index contributed by atoms with van der Waals surface area (Å²) in [6, 6.07) is 8.45. The fraction of sp³-hybridized carbons (Fsp3) is 0.588. The number of nitrogens with two attached hydrogens (primary N) is 1. The van der Waals surface area contributed by atoms with Crippen molar-refractivity contribution in [2.75, 3.05) is 19.6 Å². The maximum absolute atomic E-state index is 12.7. The number of hydrogen-bond acceptors (Lipinski definition) is 2. The van der Waals surface area contributed by atoms with Gasteiger partial charge in [0.15, 0.2) is 0 Å². The highest BCUT2D eigenvalue weighted by Crippen LogP contribution is 2.30. The van der Waals surface area contributed by atoms with Gasteiger partial charge in [0.2, 0.25) is 5.91 Å². The molecule has 2 aliphatic rings. The van der Waals surface area contributed by atoms with Crippen LogP contribution < -0.4 is 5.73 Å². The molecule has 2 atom stereocenters. The van der Waals surface area contributed by atoms with Crippen molar-refractivity contribution in [2.24, 2.45) is 23.5 Å². The van der Waals surface area contributed by atoms with Crippen molar-refractivity contribution in [2.45, 2.75) is 26.2 Å². The molecule has 0 bridgehead atoms. The molecule has 3 nitrogen and oxygen atoms in total.